The molecule has 1 aromatic rings. The van der Waals surface area contributed by atoms with Crippen LogP contribution in [0.5, 0.6) is 5.75 Å². The zero-order valence-corrected chi connectivity index (χ0v) is 22.5. The molecule has 0 aromatic heterocycles. The normalized spacial score (nSPS) is 17.9. The van der Waals surface area contributed by atoms with Crippen LogP contribution in [-0.4, -0.2) is 82.0 Å². The number of benzene rings is 1. The maximum Gasteiger partial charge on any atom is 0.326 e. The third kappa shape index (κ3) is 9.43. The summed E-state index contributed by atoms with van der Waals surface area (Å²) in [5.41, 5.74) is 17.3. The molecule has 1 aliphatic heterocycles. The van der Waals surface area contributed by atoms with Gasteiger partial charge < -0.3 is 42.9 Å². The van der Waals surface area contributed by atoms with Gasteiger partial charge in [-0.2, -0.15) is 0 Å². The molecule has 13 heteroatoms. The van der Waals surface area contributed by atoms with Gasteiger partial charge in [0, 0.05) is 19.5 Å². The first-order chi connectivity index (χ1) is 18.4. The Morgan fingerprint density at radius 3 is 2.41 bits per heavy atom. The molecule has 1 saturated heterocycles. The van der Waals surface area contributed by atoms with Crippen LogP contribution in [0.25, 0.3) is 0 Å². The fourth-order valence-electron chi connectivity index (χ4n) is 4.43. The molecule has 1 aromatic carbocycles. The van der Waals surface area contributed by atoms with Crippen molar-refractivity contribution in [1.82, 2.24) is 15.5 Å². The van der Waals surface area contributed by atoms with Gasteiger partial charge in [0.2, 0.25) is 17.7 Å². The quantitative estimate of drug-likeness (QED) is 0.0895. The van der Waals surface area contributed by atoms with Crippen LogP contribution in [0.4, 0.5) is 0 Å². The summed E-state index contributed by atoms with van der Waals surface area (Å²) in [6.45, 7) is 4.16. The Kier molecular flexibility index (Phi) is 12.0. The zero-order chi connectivity index (χ0) is 29.1. The number of carbonyl (C=O) groups is 4. The van der Waals surface area contributed by atoms with Crippen molar-refractivity contribution >= 4 is 29.7 Å². The van der Waals surface area contributed by atoms with E-state index in [-0.39, 0.29) is 37.0 Å². The lowest BCUT2D eigenvalue weighted by Gasteiger charge is -2.30. The van der Waals surface area contributed by atoms with E-state index >= 15 is 0 Å². The number of carboxylic acid groups (broad SMARTS) is 1. The number of aromatic hydroxyl groups is 1. The molecule has 0 bridgehead atoms. The van der Waals surface area contributed by atoms with Gasteiger partial charge in [0.05, 0.1) is 6.04 Å². The molecule has 39 heavy (non-hydrogen) atoms. The van der Waals surface area contributed by atoms with Crippen molar-refractivity contribution in [2.45, 2.75) is 76.5 Å². The monoisotopic (exact) mass is 547 g/mol. The van der Waals surface area contributed by atoms with E-state index in [0.29, 0.717) is 37.8 Å². The van der Waals surface area contributed by atoms with Crippen LogP contribution in [0.15, 0.2) is 29.3 Å². The van der Waals surface area contributed by atoms with Crippen molar-refractivity contribution < 1.29 is 29.4 Å². The van der Waals surface area contributed by atoms with E-state index in [4.69, 9.17) is 17.2 Å². The van der Waals surface area contributed by atoms with Gasteiger partial charge in [-0.15, -0.1) is 0 Å². The summed E-state index contributed by atoms with van der Waals surface area (Å²) in [6.07, 6.45) is 2.31. The van der Waals surface area contributed by atoms with Gasteiger partial charge in [0.1, 0.15) is 23.9 Å². The number of rotatable bonds is 14. The van der Waals surface area contributed by atoms with E-state index in [0.717, 1.165) is 0 Å². The molecule has 216 valence electrons. The number of aliphatic carboxylic acids is 1. The smallest absolute Gasteiger partial charge is 0.326 e. The fourth-order valence-corrected chi connectivity index (χ4v) is 4.43. The highest BCUT2D eigenvalue weighted by Crippen LogP contribution is 2.21. The molecule has 5 unspecified atom stereocenters. The van der Waals surface area contributed by atoms with Crippen molar-refractivity contribution in [2.75, 3.05) is 13.1 Å². The summed E-state index contributed by atoms with van der Waals surface area (Å²) < 4.78 is 0. The minimum absolute atomic E-state index is 0.0547. The summed E-state index contributed by atoms with van der Waals surface area (Å²) in [5, 5.41) is 24.5. The predicted molar refractivity (Wildman–Crippen MR) is 145 cm³/mol. The molecule has 0 saturated carbocycles. The number of phenols is 1. The van der Waals surface area contributed by atoms with E-state index in [2.05, 4.69) is 15.6 Å². The number of carboxylic acids is 1. The number of hydrogen-bond donors (Lipinski definition) is 7. The number of hydrogen-bond acceptors (Lipinski definition) is 7. The molecule has 5 atom stereocenters. The number of nitrogens with two attached hydrogens (primary N) is 3. The predicted octanol–water partition coefficient (Wildman–Crippen LogP) is -0.593. The molecule has 3 amide bonds. The number of amides is 3. The molecule has 0 aliphatic carbocycles. The van der Waals surface area contributed by atoms with Crippen LogP contribution in [0.1, 0.15) is 51.5 Å². The van der Waals surface area contributed by atoms with Crippen molar-refractivity contribution in [3.8, 4) is 5.75 Å². The van der Waals surface area contributed by atoms with Crippen molar-refractivity contribution in [1.29, 1.82) is 0 Å². The standard InChI is InChI=1S/C26H41N7O6/c1-3-15(2)21(25(38)39)32-23(36)20-7-5-13-33(20)24(37)19(14-16-8-10-17(34)11-9-16)31-22(35)18(27)6-4-12-30-26(28)29/h8-11,15,18-21,34H,3-7,12-14,27H2,1-2H3,(H,31,35)(H,32,36)(H,38,39)(H4,28,29,30). The molecular weight excluding hydrogens is 506 g/mol. The lowest BCUT2D eigenvalue weighted by molar-refractivity contribution is -0.146. The number of carbonyl (C=O) groups excluding carboxylic acids is 3. The second kappa shape index (κ2) is 14.9. The summed E-state index contributed by atoms with van der Waals surface area (Å²) in [6, 6.07) is 2.31. The molecule has 1 heterocycles. The Hall–Kier alpha value is -3.87. The molecule has 13 nitrogen and oxygen atoms in total. The van der Waals surface area contributed by atoms with Gasteiger partial charge in [0.25, 0.3) is 0 Å². The van der Waals surface area contributed by atoms with E-state index in [9.17, 15) is 29.4 Å². The average Bonchev–Trinajstić information content (AvgIpc) is 3.39. The topological polar surface area (TPSA) is 226 Å². The molecule has 10 N–H and O–H groups in total. The number of nitrogens with zero attached hydrogens (tertiary/aromatic N) is 2. The number of phenolic OH excluding ortho intramolecular Hbond substituents is 1. The highest BCUT2D eigenvalue weighted by molar-refractivity contribution is 5.94. The highest BCUT2D eigenvalue weighted by Gasteiger charge is 2.39. The zero-order valence-electron chi connectivity index (χ0n) is 22.5. The third-order valence-corrected chi connectivity index (χ3v) is 6.91. The van der Waals surface area contributed by atoms with E-state index in [1.165, 1.54) is 17.0 Å². The van der Waals surface area contributed by atoms with Crippen LogP contribution in [0.3, 0.4) is 0 Å². The summed E-state index contributed by atoms with van der Waals surface area (Å²) in [4.78, 5) is 56.7. The lowest BCUT2D eigenvalue weighted by Crippen LogP contribution is -2.57. The maximum absolute atomic E-state index is 13.7. The SMILES string of the molecule is CCC(C)C(NC(=O)C1CCCN1C(=O)C(Cc1ccc(O)cc1)NC(=O)C(N)CCCN=C(N)N)C(=O)O. The van der Waals surface area contributed by atoms with Gasteiger partial charge in [-0.25, -0.2) is 4.79 Å². The second-order valence-electron chi connectivity index (χ2n) is 9.89. The van der Waals surface area contributed by atoms with Crippen LogP contribution >= 0.6 is 0 Å². The molecule has 1 aliphatic rings. The van der Waals surface area contributed by atoms with Crippen LogP contribution in [0.2, 0.25) is 0 Å². The van der Waals surface area contributed by atoms with Gasteiger partial charge in [-0.1, -0.05) is 32.4 Å². The van der Waals surface area contributed by atoms with Crippen molar-refractivity contribution in [2.24, 2.45) is 28.1 Å². The van der Waals surface area contributed by atoms with Gasteiger partial charge >= 0.3 is 5.97 Å². The first-order valence-corrected chi connectivity index (χ1v) is 13.2. The van der Waals surface area contributed by atoms with Crippen LogP contribution < -0.4 is 27.8 Å². The van der Waals surface area contributed by atoms with E-state index < -0.39 is 47.9 Å². The largest absolute Gasteiger partial charge is 0.508 e. The Morgan fingerprint density at radius 1 is 1.15 bits per heavy atom. The average molecular weight is 548 g/mol. The second-order valence-corrected chi connectivity index (χ2v) is 9.89. The summed E-state index contributed by atoms with van der Waals surface area (Å²) >= 11 is 0. The maximum atomic E-state index is 13.7. The minimum atomic E-state index is -1.14. The molecule has 0 spiro atoms. The lowest BCUT2D eigenvalue weighted by atomic mass is 9.98. The van der Waals surface area contributed by atoms with E-state index in [1.807, 2.05) is 6.92 Å². The first-order valence-electron chi connectivity index (χ1n) is 13.2. The van der Waals surface area contributed by atoms with Crippen LogP contribution in [-0.2, 0) is 25.6 Å². The van der Waals surface area contributed by atoms with Gasteiger partial charge in [0.15, 0.2) is 5.96 Å². The Morgan fingerprint density at radius 2 is 1.82 bits per heavy atom. The molecule has 1 fully saturated rings. The minimum Gasteiger partial charge on any atom is -0.508 e. The summed E-state index contributed by atoms with van der Waals surface area (Å²) in [5.74, 6) is -3.00. The highest BCUT2D eigenvalue weighted by atomic mass is 16.4. The van der Waals surface area contributed by atoms with Crippen LogP contribution in [0, 0.1) is 5.92 Å². The van der Waals surface area contributed by atoms with Gasteiger partial charge in [-0.3, -0.25) is 19.4 Å². The molecule has 0 radical (unpaired) electrons. The first kappa shape index (κ1) is 31.3. The Labute approximate surface area is 228 Å². The number of aliphatic imine (C=N–C) groups is 1. The number of nitrogens with one attached hydrogen (secondary N) is 2. The van der Waals surface area contributed by atoms with Crippen molar-refractivity contribution in [3.05, 3.63) is 29.8 Å². The Balaban J connectivity index is 2.19. The molecule has 2 rings (SSSR count). The van der Waals surface area contributed by atoms with Crippen molar-refractivity contribution in [3.63, 3.8) is 0 Å². The number of guanidine groups is 1. The third-order valence-electron chi connectivity index (χ3n) is 6.91. The fraction of sp³-hybridized carbons (Fsp3) is 0.577. The van der Waals surface area contributed by atoms with E-state index in [1.54, 1.807) is 19.1 Å². The van der Waals surface area contributed by atoms with Gasteiger partial charge in [-0.05, 0) is 49.3 Å². The summed E-state index contributed by atoms with van der Waals surface area (Å²) in [7, 11) is 0. The Bertz CT molecular complexity index is 1030. The number of likely N-dealkylation sites (tertiary alicyclic amines) is 1. The molecular formula is C26H41N7O6.